The number of aliphatic hydroxyl groups is 1. The van der Waals surface area contributed by atoms with E-state index in [1.807, 2.05) is 6.07 Å². The minimum atomic E-state index is -0.698. The third kappa shape index (κ3) is 4.40. The maximum absolute atomic E-state index is 14.1. The van der Waals surface area contributed by atoms with Gasteiger partial charge in [-0.25, -0.2) is 4.39 Å². The SMILES string of the molecule is C[C@H](CCCC(O)c1ccccc1F)[C@H]1CC[C@H]2[C@@H]3CC[C@H]4[C@H]5OC(C)(C)O[C@H]5CC[C@]4(C)[C@H]3CC[C@]12C. The molecule has 4 heteroatoms. The van der Waals surface area contributed by atoms with Crippen molar-refractivity contribution in [3.8, 4) is 0 Å². The number of aliphatic hydroxyl groups excluding tert-OH is 1. The lowest BCUT2D eigenvalue weighted by Gasteiger charge is -2.62. The highest BCUT2D eigenvalue weighted by atomic mass is 19.1. The van der Waals surface area contributed by atoms with Crippen LogP contribution in [-0.4, -0.2) is 23.1 Å². The number of halogens is 1. The van der Waals surface area contributed by atoms with Crippen LogP contribution in [0.3, 0.4) is 0 Å². The van der Waals surface area contributed by atoms with Gasteiger partial charge >= 0.3 is 0 Å². The van der Waals surface area contributed by atoms with Crippen LogP contribution in [0.25, 0.3) is 0 Å². The molecule has 1 aromatic carbocycles. The minimum absolute atomic E-state index is 0.286. The van der Waals surface area contributed by atoms with Crippen LogP contribution in [0.1, 0.15) is 117 Å². The summed E-state index contributed by atoms with van der Waals surface area (Å²) in [6.45, 7) is 11.9. The predicted molar refractivity (Wildman–Crippen MR) is 149 cm³/mol. The Balaban J connectivity index is 1.10. The smallest absolute Gasteiger partial charge is 0.163 e. The third-order valence-electron chi connectivity index (χ3n) is 12.7. The summed E-state index contributed by atoms with van der Waals surface area (Å²) < 4.78 is 27.0. The Kier molecular flexibility index (Phi) is 7.05. The van der Waals surface area contributed by atoms with Gasteiger partial charge in [-0.2, -0.15) is 0 Å². The summed E-state index contributed by atoms with van der Waals surface area (Å²) in [5.41, 5.74) is 1.28. The van der Waals surface area contributed by atoms with Gasteiger partial charge in [0.2, 0.25) is 0 Å². The average molecular weight is 527 g/mol. The van der Waals surface area contributed by atoms with Crippen molar-refractivity contribution in [2.75, 3.05) is 0 Å². The normalized spacial score (nSPS) is 45.0. The first-order valence-corrected chi connectivity index (χ1v) is 15.8. The standard InChI is InChI=1S/C34H51FO3/c1-21(9-8-12-29(36)23-10-6-7-11-28(23)35)24-15-16-25-22-13-14-27-31-30(37-32(2,3)38-31)18-20-34(27,5)26(22)17-19-33(24,25)4/h6-7,10-11,21-22,24-27,29-31,36H,8-9,12-20H2,1-5H3/t21-,22+,24-,25+,26+,27+,29?,30+,31-,33-,34-/m1/s1. The molecule has 4 saturated carbocycles. The molecule has 11 atom stereocenters. The highest BCUT2D eigenvalue weighted by Crippen LogP contribution is 2.69. The van der Waals surface area contributed by atoms with Gasteiger partial charge in [-0.15, -0.1) is 0 Å². The fourth-order valence-electron chi connectivity index (χ4n) is 11.0. The molecule has 1 aliphatic heterocycles. The van der Waals surface area contributed by atoms with Crippen molar-refractivity contribution in [2.45, 2.75) is 129 Å². The van der Waals surface area contributed by atoms with E-state index in [2.05, 4.69) is 34.6 Å². The summed E-state index contributed by atoms with van der Waals surface area (Å²) in [4.78, 5) is 0. The van der Waals surface area contributed by atoms with E-state index >= 15 is 0 Å². The van der Waals surface area contributed by atoms with Crippen molar-refractivity contribution in [3.63, 3.8) is 0 Å². The van der Waals surface area contributed by atoms with Crippen molar-refractivity contribution in [1.82, 2.24) is 0 Å². The maximum atomic E-state index is 14.1. The number of benzene rings is 1. The van der Waals surface area contributed by atoms with Crippen molar-refractivity contribution in [2.24, 2.45) is 46.3 Å². The van der Waals surface area contributed by atoms with Gasteiger partial charge in [0.25, 0.3) is 0 Å². The summed E-state index contributed by atoms with van der Waals surface area (Å²) in [6, 6.07) is 6.68. The summed E-state index contributed by atoms with van der Waals surface area (Å²) in [5, 5.41) is 10.6. The first kappa shape index (κ1) is 27.2. The van der Waals surface area contributed by atoms with Gasteiger partial charge in [-0.05, 0) is 124 Å². The van der Waals surface area contributed by atoms with Crippen LogP contribution in [0.2, 0.25) is 0 Å². The molecule has 1 aromatic rings. The Labute approximate surface area is 230 Å². The minimum Gasteiger partial charge on any atom is -0.388 e. The molecule has 0 spiro atoms. The van der Waals surface area contributed by atoms with Gasteiger partial charge in [-0.3, -0.25) is 0 Å². The second kappa shape index (κ2) is 9.84. The number of rotatable bonds is 6. The summed E-state index contributed by atoms with van der Waals surface area (Å²) in [5.74, 6) is 3.90. The molecule has 0 radical (unpaired) electrons. The molecule has 6 rings (SSSR count). The van der Waals surface area contributed by atoms with Crippen molar-refractivity contribution >= 4 is 0 Å². The largest absolute Gasteiger partial charge is 0.388 e. The molecule has 1 unspecified atom stereocenters. The average Bonchev–Trinajstić information content (AvgIpc) is 3.39. The monoisotopic (exact) mass is 526 g/mol. The van der Waals surface area contributed by atoms with Crippen LogP contribution in [-0.2, 0) is 9.47 Å². The van der Waals surface area contributed by atoms with E-state index < -0.39 is 11.9 Å². The highest BCUT2D eigenvalue weighted by molar-refractivity contribution is 5.19. The van der Waals surface area contributed by atoms with Crippen LogP contribution in [0, 0.1) is 52.2 Å². The van der Waals surface area contributed by atoms with E-state index in [0.717, 1.165) is 42.9 Å². The molecule has 4 aliphatic carbocycles. The first-order chi connectivity index (χ1) is 18.0. The zero-order valence-corrected chi connectivity index (χ0v) is 24.4. The van der Waals surface area contributed by atoms with Gasteiger partial charge in [0.05, 0.1) is 18.3 Å². The topological polar surface area (TPSA) is 38.7 Å². The van der Waals surface area contributed by atoms with Crippen molar-refractivity contribution in [1.29, 1.82) is 0 Å². The van der Waals surface area contributed by atoms with Crippen LogP contribution < -0.4 is 0 Å². The summed E-state index contributed by atoms with van der Waals surface area (Å²) >= 11 is 0. The molecule has 5 aliphatic rings. The van der Waals surface area contributed by atoms with Gasteiger partial charge in [0.15, 0.2) is 5.79 Å². The quantitative estimate of drug-likeness (QED) is 0.404. The molecule has 38 heavy (non-hydrogen) atoms. The molecule has 0 bridgehead atoms. The highest BCUT2D eigenvalue weighted by Gasteiger charge is 2.64. The van der Waals surface area contributed by atoms with Gasteiger partial charge < -0.3 is 14.6 Å². The molecular formula is C34H51FO3. The van der Waals surface area contributed by atoms with Crippen LogP contribution in [0.5, 0.6) is 0 Å². The fourth-order valence-corrected chi connectivity index (χ4v) is 11.0. The molecule has 1 N–H and O–H groups in total. The number of hydrogen-bond acceptors (Lipinski definition) is 3. The van der Waals surface area contributed by atoms with E-state index in [0.29, 0.717) is 40.8 Å². The maximum Gasteiger partial charge on any atom is 0.163 e. The molecule has 212 valence electrons. The number of fused-ring (bicyclic) bond motifs is 7. The molecule has 3 nitrogen and oxygen atoms in total. The Bertz CT molecular complexity index is 1010. The molecular weight excluding hydrogens is 475 g/mol. The summed E-state index contributed by atoms with van der Waals surface area (Å²) in [7, 11) is 0. The Morgan fingerprint density at radius 2 is 1.58 bits per heavy atom. The molecule has 0 amide bonds. The molecule has 1 heterocycles. The van der Waals surface area contributed by atoms with Gasteiger partial charge in [0.1, 0.15) is 5.82 Å². The fraction of sp³-hybridized carbons (Fsp3) is 0.824. The Hall–Kier alpha value is -0.970. The van der Waals surface area contributed by atoms with Crippen LogP contribution in [0.4, 0.5) is 4.39 Å². The Morgan fingerprint density at radius 1 is 0.868 bits per heavy atom. The number of ether oxygens (including phenoxy) is 2. The number of hydrogen-bond donors (Lipinski definition) is 1. The van der Waals surface area contributed by atoms with Crippen molar-refractivity contribution in [3.05, 3.63) is 35.6 Å². The second-order valence-electron chi connectivity index (χ2n) is 14.9. The lowest BCUT2D eigenvalue weighted by Crippen LogP contribution is -2.57. The van der Waals surface area contributed by atoms with Gasteiger partial charge in [-0.1, -0.05) is 51.8 Å². The third-order valence-corrected chi connectivity index (χ3v) is 12.7. The second-order valence-corrected chi connectivity index (χ2v) is 14.9. The van der Waals surface area contributed by atoms with E-state index in [1.165, 1.54) is 51.0 Å². The first-order valence-electron chi connectivity index (χ1n) is 15.8. The lowest BCUT2D eigenvalue weighted by atomic mass is 9.44. The summed E-state index contributed by atoms with van der Waals surface area (Å²) in [6.07, 6.45) is 13.2. The van der Waals surface area contributed by atoms with Gasteiger partial charge in [0, 0.05) is 5.56 Å². The Morgan fingerprint density at radius 3 is 2.37 bits per heavy atom. The predicted octanol–water partition coefficient (Wildman–Crippen LogP) is 8.45. The zero-order valence-electron chi connectivity index (χ0n) is 24.4. The van der Waals surface area contributed by atoms with Crippen LogP contribution >= 0.6 is 0 Å². The van der Waals surface area contributed by atoms with E-state index in [9.17, 15) is 9.50 Å². The van der Waals surface area contributed by atoms with E-state index in [4.69, 9.17) is 9.47 Å². The molecule has 1 saturated heterocycles. The lowest BCUT2D eigenvalue weighted by molar-refractivity contribution is -0.170. The van der Waals surface area contributed by atoms with E-state index in [-0.39, 0.29) is 11.9 Å². The molecule has 5 fully saturated rings. The zero-order chi connectivity index (χ0) is 26.9. The van der Waals surface area contributed by atoms with Crippen molar-refractivity contribution < 1.29 is 19.0 Å². The van der Waals surface area contributed by atoms with E-state index in [1.54, 1.807) is 12.1 Å². The molecule has 0 aromatic heterocycles. The van der Waals surface area contributed by atoms with Crippen LogP contribution in [0.15, 0.2) is 24.3 Å².